The largest absolute Gasteiger partial charge is 0.355 e. The van der Waals surface area contributed by atoms with Gasteiger partial charge in [-0.1, -0.05) is 38.1 Å². The summed E-state index contributed by atoms with van der Waals surface area (Å²) >= 11 is 5.08. The predicted octanol–water partition coefficient (Wildman–Crippen LogP) is 3.06. The number of hydrogen-bond donors (Lipinski definition) is 2. The molecule has 1 fully saturated rings. The molecular weight excluding hydrogens is 320 g/mol. The third kappa shape index (κ3) is 3.59. The average molecular weight is 344 g/mol. The molecule has 3 rings (SSSR count). The van der Waals surface area contributed by atoms with Crippen LogP contribution < -0.4 is 5.32 Å². The van der Waals surface area contributed by atoms with Crippen LogP contribution in [-0.2, 0) is 18.3 Å². The Morgan fingerprint density at radius 1 is 1.42 bits per heavy atom. The molecule has 0 saturated heterocycles. The van der Waals surface area contributed by atoms with Gasteiger partial charge in [0.1, 0.15) is 5.82 Å². The van der Waals surface area contributed by atoms with Gasteiger partial charge in [-0.05, 0) is 41.6 Å². The normalized spacial score (nSPS) is 19.5. The zero-order valence-corrected chi connectivity index (χ0v) is 15.2. The number of aromatic nitrogens is 3. The van der Waals surface area contributed by atoms with Crippen LogP contribution in [0.1, 0.15) is 49.1 Å². The number of H-pyrrole nitrogens is 1. The average Bonchev–Trinajstić information content (AvgIpc) is 3.31. The number of nitrogens with one attached hydrogen (secondary N) is 2. The van der Waals surface area contributed by atoms with Crippen LogP contribution in [0.4, 0.5) is 0 Å². The maximum absolute atomic E-state index is 12.3. The van der Waals surface area contributed by atoms with Gasteiger partial charge in [0.2, 0.25) is 5.91 Å². The molecule has 2 N–H and O–H groups in total. The van der Waals surface area contributed by atoms with Crippen LogP contribution in [0.15, 0.2) is 24.3 Å². The molecule has 1 amide bonds. The van der Waals surface area contributed by atoms with Crippen molar-refractivity contribution >= 4 is 18.1 Å². The van der Waals surface area contributed by atoms with Crippen LogP contribution in [-0.4, -0.2) is 27.2 Å². The first kappa shape index (κ1) is 16.9. The molecule has 0 unspecified atom stereocenters. The van der Waals surface area contributed by atoms with Crippen molar-refractivity contribution in [1.29, 1.82) is 0 Å². The zero-order chi connectivity index (χ0) is 17.3. The van der Waals surface area contributed by atoms with Crippen molar-refractivity contribution in [2.24, 2.45) is 13.0 Å². The molecule has 24 heavy (non-hydrogen) atoms. The molecule has 6 heteroatoms. The molecule has 0 bridgehead atoms. The molecule has 0 radical (unpaired) electrons. The molecule has 1 aromatic heterocycles. The Balaban J connectivity index is 1.49. The summed E-state index contributed by atoms with van der Waals surface area (Å²) < 4.78 is 2.43. The van der Waals surface area contributed by atoms with Crippen LogP contribution in [0.3, 0.4) is 0 Å². The molecule has 0 spiro atoms. The topological polar surface area (TPSA) is 62.7 Å². The van der Waals surface area contributed by atoms with Gasteiger partial charge in [-0.2, -0.15) is 5.10 Å². The highest BCUT2D eigenvalue weighted by Gasteiger charge is 2.43. The summed E-state index contributed by atoms with van der Waals surface area (Å²) in [6, 6.07) is 8.69. The number of carbonyl (C=O) groups excluding carboxylic acids is 1. The maximum atomic E-state index is 12.3. The first-order chi connectivity index (χ1) is 11.5. The fraction of sp³-hybridized carbons (Fsp3) is 0.500. The van der Waals surface area contributed by atoms with Crippen molar-refractivity contribution in [3.05, 3.63) is 46.0 Å². The second-order valence-corrected chi connectivity index (χ2v) is 7.20. The van der Waals surface area contributed by atoms with Gasteiger partial charge in [0.25, 0.3) is 0 Å². The Morgan fingerprint density at radius 2 is 2.12 bits per heavy atom. The lowest BCUT2D eigenvalue weighted by Crippen LogP contribution is -2.28. The third-order valence-corrected chi connectivity index (χ3v) is 5.14. The zero-order valence-electron chi connectivity index (χ0n) is 14.4. The van der Waals surface area contributed by atoms with E-state index in [9.17, 15) is 4.79 Å². The number of carbonyl (C=O) groups is 1. The standard InChI is InChI=1S/C18H24N4OS/c1-11(2)12-4-6-13(7-5-12)14-10-15(14)17(23)19-9-8-16-20-21-18(24)22(16)3/h4-7,11,14-15H,8-10H2,1-3H3,(H,19,23)(H,21,24)/t14-,15-/m1/s1. The fourth-order valence-corrected chi connectivity index (χ4v) is 3.16. The van der Waals surface area contributed by atoms with Crippen molar-refractivity contribution in [3.8, 4) is 0 Å². The summed E-state index contributed by atoms with van der Waals surface area (Å²) in [5.74, 6) is 2.02. The highest BCUT2D eigenvalue weighted by atomic mass is 32.1. The molecule has 5 nitrogen and oxygen atoms in total. The molecule has 1 aliphatic rings. The van der Waals surface area contributed by atoms with Crippen molar-refractivity contribution < 1.29 is 4.79 Å². The minimum absolute atomic E-state index is 0.109. The van der Waals surface area contributed by atoms with Gasteiger partial charge in [0.05, 0.1) is 0 Å². The van der Waals surface area contributed by atoms with E-state index < -0.39 is 0 Å². The molecule has 1 aromatic carbocycles. The number of benzene rings is 1. The number of rotatable bonds is 6. The molecule has 2 atom stereocenters. The Morgan fingerprint density at radius 3 is 2.71 bits per heavy atom. The minimum atomic E-state index is 0.109. The van der Waals surface area contributed by atoms with Gasteiger partial charge in [-0.15, -0.1) is 0 Å². The highest BCUT2D eigenvalue weighted by molar-refractivity contribution is 7.71. The Labute approximate surface area is 147 Å². The van der Waals surface area contributed by atoms with Gasteiger partial charge >= 0.3 is 0 Å². The lowest BCUT2D eigenvalue weighted by molar-refractivity contribution is -0.122. The fourth-order valence-electron chi connectivity index (χ4n) is 3.01. The molecule has 0 aliphatic heterocycles. The summed E-state index contributed by atoms with van der Waals surface area (Å²) in [4.78, 5) is 12.3. The van der Waals surface area contributed by atoms with Crippen molar-refractivity contribution in [1.82, 2.24) is 20.1 Å². The number of nitrogens with zero attached hydrogens (tertiary/aromatic N) is 2. The quantitative estimate of drug-likeness (QED) is 0.792. The van der Waals surface area contributed by atoms with Gasteiger partial charge < -0.3 is 9.88 Å². The third-order valence-electron chi connectivity index (χ3n) is 4.78. The highest BCUT2D eigenvalue weighted by Crippen LogP contribution is 2.47. The van der Waals surface area contributed by atoms with E-state index in [1.807, 2.05) is 11.6 Å². The van der Waals surface area contributed by atoms with E-state index >= 15 is 0 Å². The lowest BCUT2D eigenvalue weighted by Gasteiger charge is -2.07. The lowest BCUT2D eigenvalue weighted by atomic mass is 10.00. The van der Waals surface area contributed by atoms with E-state index in [0.717, 1.165) is 12.2 Å². The number of amides is 1. The van der Waals surface area contributed by atoms with Crippen molar-refractivity contribution in [2.45, 2.75) is 38.5 Å². The second-order valence-electron chi connectivity index (χ2n) is 6.82. The smallest absolute Gasteiger partial charge is 0.223 e. The van der Waals surface area contributed by atoms with E-state index in [4.69, 9.17) is 12.2 Å². The van der Waals surface area contributed by atoms with Crippen LogP contribution in [0, 0.1) is 10.7 Å². The molecule has 1 heterocycles. The van der Waals surface area contributed by atoms with Crippen LogP contribution in [0.2, 0.25) is 0 Å². The minimum Gasteiger partial charge on any atom is -0.355 e. The Kier molecular flexibility index (Phi) is 4.85. The SMILES string of the molecule is CC(C)c1ccc([C@H]2C[C@H]2C(=O)NCCc2n[nH]c(=S)n2C)cc1. The Bertz CT molecular complexity index is 775. The van der Waals surface area contributed by atoms with Gasteiger partial charge in [-0.25, -0.2) is 0 Å². The summed E-state index contributed by atoms with van der Waals surface area (Å²) in [5, 5.41) is 9.92. The van der Waals surface area contributed by atoms with E-state index in [0.29, 0.717) is 29.6 Å². The maximum Gasteiger partial charge on any atom is 0.223 e. The van der Waals surface area contributed by atoms with Gasteiger partial charge in [0.15, 0.2) is 4.77 Å². The van der Waals surface area contributed by atoms with Gasteiger partial charge in [0, 0.05) is 25.9 Å². The molecule has 1 saturated carbocycles. The van der Waals surface area contributed by atoms with Gasteiger partial charge in [-0.3, -0.25) is 9.89 Å². The first-order valence-corrected chi connectivity index (χ1v) is 8.86. The van der Waals surface area contributed by atoms with E-state index in [1.54, 1.807) is 0 Å². The molecule has 1 aliphatic carbocycles. The van der Waals surface area contributed by atoms with Crippen molar-refractivity contribution in [2.75, 3.05) is 6.54 Å². The van der Waals surface area contributed by atoms with Crippen LogP contribution in [0.5, 0.6) is 0 Å². The predicted molar refractivity (Wildman–Crippen MR) is 96.5 cm³/mol. The summed E-state index contributed by atoms with van der Waals surface area (Å²) in [5.41, 5.74) is 2.61. The first-order valence-electron chi connectivity index (χ1n) is 8.45. The summed E-state index contributed by atoms with van der Waals surface area (Å²) in [7, 11) is 1.88. The monoisotopic (exact) mass is 344 g/mol. The van der Waals surface area contributed by atoms with E-state index in [2.05, 4.69) is 53.6 Å². The second kappa shape index (κ2) is 6.89. The molecule has 2 aromatic rings. The van der Waals surface area contributed by atoms with Crippen molar-refractivity contribution in [3.63, 3.8) is 0 Å². The van der Waals surface area contributed by atoms with E-state index in [1.165, 1.54) is 11.1 Å². The van der Waals surface area contributed by atoms with Crippen LogP contribution >= 0.6 is 12.2 Å². The summed E-state index contributed by atoms with van der Waals surface area (Å²) in [6.45, 7) is 4.97. The Hall–Kier alpha value is -1.95. The summed E-state index contributed by atoms with van der Waals surface area (Å²) in [6.07, 6.45) is 1.62. The molecular formula is C18H24N4OS. The van der Waals surface area contributed by atoms with E-state index in [-0.39, 0.29) is 11.8 Å². The number of hydrogen-bond acceptors (Lipinski definition) is 3. The van der Waals surface area contributed by atoms with Crippen LogP contribution in [0.25, 0.3) is 0 Å². The molecule has 128 valence electrons. The number of aromatic amines is 1.